The van der Waals surface area contributed by atoms with E-state index in [0.717, 1.165) is 17.1 Å². The Bertz CT molecular complexity index is 631. The number of fused-ring (bicyclic) bond motifs is 1. The van der Waals surface area contributed by atoms with Crippen molar-refractivity contribution in [2.75, 3.05) is 20.8 Å². The van der Waals surface area contributed by atoms with Crippen LogP contribution in [0.15, 0.2) is 36.5 Å². The normalized spacial score (nSPS) is 16.2. The summed E-state index contributed by atoms with van der Waals surface area (Å²) < 4.78 is 16.7. The standard InChI is InChI=1S/C16H18N2O3/c1-17-14-10-21-15-8-12(5-6-13(14)15)20-9-11-4-3-7-18-16(11)19-2/h3-8,14,17H,9-10H2,1-2H3. The largest absolute Gasteiger partial charge is 0.491 e. The maximum Gasteiger partial charge on any atom is 0.219 e. The van der Waals surface area contributed by atoms with Gasteiger partial charge < -0.3 is 19.5 Å². The van der Waals surface area contributed by atoms with Gasteiger partial charge in [0.2, 0.25) is 5.88 Å². The zero-order valence-electron chi connectivity index (χ0n) is 12.1. The minimum Gasteiger partial charge on any atom is -0.491 e. The summed E-state index contributed by atoms with van der Waals surface area (Å²) in [5.41, 5.74) is 2.08. The van der Waals surface area contributed by atoms with Gasteiger partial charge in [0.15, 0.2) is 0 Å². The highest BCUT2D eigenvalue weighted by Crippen LogP contribution is 2.35. The molecule has 3 rings (SSSR count). The Morgan fingerprint density at radius 1 is 1.38 bits per heavy atom. The third-order valence-corrected chi connectivity index (χ3v) is 3.55. The highest BCUT2D eigenvalue weighted by atomic mass is 16.5. The first-order valence-electron chi connectivity index (χ1n) is 6.86. The molecule has 1 N–H and O–H groups in total. The molecule has 1 aliphatic rings. The Morgan fingerprint density at radius 2 is 2.29 bits per heavy atom. The average Bonchev–Trinajstić information content (AvgIpc) is 2.95. The molecule has 0 fully saturated rings. The Morgan fingerprint density at radius 3 is 3.10 bits per heavy atom. The molecule has 110 valence electrons. The number of ether oxygens (including phenoxy) is 3. The third kappa shape index (κ3) is 2.78. The minimum absolute atomic E-state index is 0.257. The molecule has 1 aliphatic heterocycles. The Hall–Kier alpha value is -2.27. The fourth-order valence-electron chi connectivity index (χ4n) is 2.40. The topological polar surface area (TPSA) is 52.6 Å². The van der Waals surface area contributed by atoms with Crippen LogP contribution in [0.3, 0.4) is 0 Å². The average molecular weight is 286 g/mol. The fraction of sp³-hybridized carbons (Fsp3) is 0.312. The number of rotatable bonds is 5. The van der Waals surface area contributed by atoms with Crippen LogP contribution < -0.4 is 19.5 Å². The van der Waals surface area contributed by atoms with Gasteiger partial charge in [-0.3, -0.25) is 0 Å². The quantitative estimate of drug-likeness (QED) is 0.914. The molecule has 0 amide bonds. The van der Waals surface area contributed by atoms with Crippen LogP contribution in [0.4, 0.5) is 0 Å². The van der Waals surface area contributed by atoms with Crippen LogP contribution in [-0.2, 0) is 6.61 Å². The van der Waals surface area contributed by atoms with Crippen molar-refractivity contribution in [3.8, 4) is 17.4 Å². The van der Waals surface area contributed by atoms with Gasteiger partial charge in [-0.05, 0) is 31.3 Å². The molecule has 5 nitrogen and oxygen atoms in total. The molecular weight excluding hydrogens is 268 g/mol. The van der Waals surface area contributed by atoms with Crippen molar-refractivity contribution in [3.63, 3.8) is 0 Å². The van der Waals surface area contributed by atoms with Crippen LogP contribution in [0, 0.1) is 0 Å². The molecule has 0 saturated heterocycles. The van der Waals surface area contributed by atoms with Crippen LogP contribution in [0.2, 0.25) is 0 Å². The zero-order chi connectivity index (χ0) is 14.7. The van der Waals surface area contributed by atoms with E-state index >= 15 is 0 Å². The van der Waals surface area contributed by atoms with E-state index < -0.39 is 0 Å². The smallest absolute Gasteiger partial charge is 0.219 e. The molecule has 0 spiro atoms. The van der Waals surface area contributed by atoms with Crippen molar-refractivity contribution in [1.29, 1.82) is 0 Å². The van der Waals surface area contributed by atoms with Crippen LogP contribution in [0.1, 0.15) is 17.2 Å². The molecule has 5 heteroatoms. The van der Waals surface area contributed by atoms with Crippen molar-refractivity contribution in [2.45, 2.75) is 12.6 Å². The van der Waals surface area contributed by atoms with Gasteiger partial charge in [-0.15, -0.1) is 0 Å². The maximum atomic E-state index is 5.81. The SMILES string of the molecule is CNC1COc2cc(OCc3cccnc3OC)ccc21. The molecular formula is C16H18N2O3. The number of nitrogens with one attached hydrogen (secondary N) is 1. The second-order valence-corrected chi connectivity index (χ2v) is 4.81. The number of hydrogen-bond donors (Lipinski definition) is 1. The van der Waals surface area contributed by atoms with Crippen molar-refractivity contribution in [1.82, 2.24) is 10.3 Å². The van der Waals surface area contributed by atoms with E-state index in [4.69, 9.17) is 14.2 Å². The summed E-state index contributed by atoms with van der Waals surface area (Å²) in [7, 11) is 3.54. The van der Waals surface area contributed by atoms with Crippen molar-refractivity contribution in [2.24, 2.45) is 0 Å². The van der Waals surface area contributed by atoms with E-state index in [-0.39, 0.29) is 6.04 Å². The number of nitrogens with zero attached hydrogens (tertiary/aromatic N) is 1. The van der Waals surface area contributed by atoms with Gasteiger partial charge in [0.1, 0.15) is 24.7 Å². The molecule has 0 radical (unpaired) electrons. The molecule has 0 saturated carbocycles. The Labute approximate surface area is 123 Å². The number of aromatic nitrogens is 1. The lowest BCUT2D eigenvalue weighted by Gasteiger charge is -2.10. The molecule has 0 bridgehead atoms. The van der Waals surface area contributed by atoms with E-state index in [1.165, 1.54) is 5.56 Å². The number of pyridine rings is 1. The van der Waals surface area contributed by atoms with Gasteiger partial charge >= 0.3 is 0 Å². The number of benzene rings is 1. The Kier molecular flexibility index (Phi) is 3.92. The molecule has 21 heavy (non-hydrogen) atoms. The molecule has 2 aromatic rings. The predicted molar refractivity (Wildman–Crippen MR) is 78.9 cm³/mol. The summed E-state index contributed by atoms with van der Waals surface area (Å²) in [4.78, 5) is 4.15. The van der Waals surface area contributed by atoms with Crippen LogP contribution in [0.25, 0.3) is 0 Å². The maximum absolute atomic E-state index is 5.81. The Balaban J connectivity index is 1.72. The lowest BCUT2D eigenvalue weighted by Crippen LogP contribution is -2.17. The lowest BCUT2D eigenvalue weighted by molar-refractivity contribution is 0.289. The zero-order valence-corrected chi connectivity index (χ0v) is 12.1. The van der Waals surface area contributed by atoms with Crippen molar-refractivity contribution < 1.29 is 14.2 Å². The van der Waals surface area contributed by atoms with E-state index in [2.05, 4.69) is 10.3 Å². The number of hydrogen-bond acceptors (Lipinski definition) is 5. The number of likely N-dealkylation sites (N-methyl/N-ethyl adjacent to an activating group) is 1. The van der Waals surface area contributed by atoms with E-state index in [9.17, 15) is 0 Å². The number of methoxy groups -OCH3 is 1. The summed E-state index contributed by atoms with van der Waals surface area (Å²) in [6.45, 7) is 1.07. The van der Waals surface area contributed by atoms with Gasteiger partial charge in [0.25, 0.3) is 0 Å². The van der Waals surface area contributed by atoms with Crippen molar-refractivity contribution in [3.05, 3.63) is 47.7 Å². The molecule has 1 aromatic heterocycles. The highest BCUT2D eigenvalue weighted by molar-refractivity contribution is 5.45. The van der Waals surface area contributed by atoms with E-state index in [1.54, 1.807) is 13.3 Å². The van der Waals surface area contributed by atoms with E-state index in [1.807, 2.05) is 37.4 Å². The van der Waals surface area contributed by atoms with Gasteiger partial charge in [0, 0.05) is 17.8 Å². The molecule has 1 atom stereocenters. The summed E-state index contributed by atoms with van der Waals surface area (Å²) in [5.74, 6) is 2.24. The first-order valence-corrected chi connectivity index (χ1v) is 6.86. The molecule has 0 aliphatic carbocycles. The predicted octanol–water partition coefficient (Wildman–Crippen LogP) is 2.32. The van der Waals surface area contributed by atoms with Crippen LogP contribution >= 0.6 is 0 Å². The third-order valence-electron chi connectivity index (χ3n) is 3.55. The molecule has 1 unspecified atom stereocenters. The van der Waals surface area contributed by atoms with Crippen LogP contribution in [0.5, 0.6) is 17.4 Å². The molecule has 1 aromatic carbocycles. The van der Waals surface area contributed by atoms with Gasteiger partial charge in [0.05, 0.1) is 18.7 Å². The van der Waals surface area contributed by atoms with Gasteiger partial charge in [-0.1, -0.05) is 0 Å². The second-order valence-electron chi connectivity index (χ2n) is 4.81. The lowest BCUT2D eigenvalue weighted by atomic mass is 10.1. The van der Waals surface area contributed by atoms with Crippen LogP contribution in [-0.4, -0.2) is 25.7 Å². The first-order chi connectivity index (χ1) is 10.3. The summed E-state index contributed by atoms with van der Waals surface area (Å²) >= 11 is 0. The minimum atomic E-state index is 0.257. The fourth-order valence-corrected chi connectivity index (χ4v) is 2.40. The highest BCUT2D eigenvalue weighted by Gasteiger charge is 2.22. The molecule has 2 heterocycles. The van der Waals surface area contributed by atoms with Gasteiger partial charge in [-0.25, -0.2) is 4.98 Å². The van der Waals surface area contributed by atoms with E-state index in [0.29, 0.717) is 19.1 Å². The van der Waals surface area contributed by atoms with Crippen molar-refractivity contribution >= 4 is 0 Å². The monoisotopic (exact) mass is 286 g/mol. The van der Waals surface area contributed by atoms with Gasteiger partial charge in [-0.2, -0.15) is 0 Å². The summed E-state index contributed by atoms with van der Waals surface area (Å²) in [6, 6.07) is 9.99. The summed E-state index contributed by atoms with van der Waals surface area (Å²) in [5, 5.41) is 3.22. The first kappa shape index (κ1) is 13.7. The summed E-state index contributed by atoms with van der Waals surface area (Å²) in [6.07, 6.45) is 1.70. The second kappa shape index (κ2) is 6.01.